The summed E-state index contributed by atoms with van der Waals surface area (Å²) in [4.78, 5) is 38.7. The number of nitrogens with zero attached hydrogens (tertiary/aromatic N) is 2. The molecule has 1 unspecified atom stereocenters. The lowest BCUT2D eigenvalue weighted by atomic mass is 10.0. The maximum absolute atomic E-state index is 14.7. The van der Waals surface area contributed by atoms with Gasteiger partial charge < -0.3 is 19.9 Å². The third kappa shape index (κ3) is 3.49. The van der Waals surface area contributed by atoms with Crippen LogP contribution in [0.4, 0.5) is 22.0 Å². The summed E-state index contributed by atoms with van der Waals surface area (Å²) in [6.07, 6.45) is 0.207. The van der Waals surface area contributed by atoms with Crippen LogP contribution in [0.3, 0.4) is 0 Å². The van der Waals surface area contributed by atoms with Gasteiger partial charge >= 0.3 is 0 Å². The van der Waals surface area contributed by atoms with Crippen molar-refractivity contribution in [2.24, 2.45) is 0 Å². The maximum atomic E-state index is 14.7. The molecule has 170 valence electrons. The Morgan fingerprint density at radius 1 is 1.19 bits per heavy atom. The Balaban J connectivity index is 1.72. The van der Waals surface area contributed by atoms with E-state index in [1.54, 1.807) is 0 Å². The van der Waals surface area contributed by atoms with Crippen LogP contribution >= 0.6 is 0 Å². The first-order chi connectivity index (χ1) is 15.0. The first-order valence-corrected chi connectivity index (χ1v) is 9.58. The summed E-state index contributed by atoms with van der Waals surface area (Å²) >= 11 is 0. The summed E-state index contributed by atoms with van der Waals surface area (Å²) in [5, 5.41) is 12.3. The summed E-state index contributed by atoms with van der Waals surface area (Å²) < 4.78 is 70.6. The Morgan fingerprint density at radius 2 is 1.84 bits per heavy atom. The number of pyridine rings is 1. The van der Waals surface area contributed by atoms with Gasteiger partial charge in [0.25, 0.3) is 17.7 Å². The van der Waals surface area contributed by atoms with Crippen LogP contribution < -0.4 is 10.7 Å². The summed E-state index contributed by atoms with van der Waals surface area (Å²) in [7, 11) is 0. The number of amides is 2. The maximum Gasteiger partial charge on any atom is 0.274 e. The molecule has 0 saturated carbocycles. The fourth-order valence-corrected chi connectivity index (χ4v) is 3.98. The predicted octanol–water partition coefficient (Wildman–Crippen LogP) is 2.33. The SMILES string of the molecule is O=C(NCc1c(F)cc(F)cc1F)c1cn2c(c(O)c1=O)C(=O)N1CCCC(F)(F)C2C1. The highest BCUT2D eigenvalue weighted by molar-refractivity contribution is 5.99. The third-order valence-corrected chi connectivity index (χ3v) is 5.63. The van der Waals surface area contributed by atoms with Gasteiger partial charge in [-0.3, -0.25) is 14.4 Å². The van der Waals surface area contributed by atoms with Crippen molar-refractivity contribution in [3.63, 3.8) is 0 Å². The fraction of sp³-hybridized carbons (Fsp3) is 0.350. The molecule has 2 aromatic rings. The molecule has 1 atom stereocenters. The fourth-order valence-electron chi connectivity index (χ4n) is 3.98. The minimum absolute atomic E-state index is 0.0108. The number of halogens is 5. The second-order valence-electron chi connectivity index (χ2n) is 7.64. The van der Waals surface area contributed by atoms with E-state index in [9.17, 15) is 41.4 Å². The number of aromatic hydroxyl groups is 1. The van der Waals surface area contributed by atoms with E-state index in [-0.39, 0.29) is 19.5 Å². The van der Waals surface area contributed by atoms with Crippen LogP contribution in [0, 0.1) is 17.5 Å². The van der Waals surface area contributed by atoms with Crippen molar-refractivity contribution < 1.29 is 36.6 Å². The predicted molar refractivity (Wildman–Crippen MR) is 99.0 cm³/mol. The van der Waals surface area contributed by atoms with E-state index >= 15 is 0 Å². The molecule has 12 heteroatoms. The Hall–Kier alpha value is -3.44. The van der Waals surface area contributed by atoms with Crippen molar-refractivity contribution in [3.8, 4) is 5.75 Å². The Labute approximate surface area is 177 Å². The second-order valence-corrected chi connectivity index (χ2v) is 7.64. The zero-order chi connectivity index (χ0) is 23.4. The zero-order valence-corrected chi connectivity index (χ0v) is 16.3. The molecule has 1 fully saturated rings. The van der Waals surface area contributed by atoms with Crippen LogP contribution in [-0.4, -0.2) is 45.4 Å². The molecule has 4 rings (SSSR count). The van der Waals surface area contributed by atoms with Crippen LogP contribution in [0.2, 0.25) is 0 Å². The summed E-state index contributed by atoms with van der Waals surface area (Å²) in [6.45, 7) is -1.14. The lowest BCUT2D eigenvalue weighted by Gasteiger charge is -2.37. The first kappa shape index (κ1) is 21.8. The van der Waals surface area contributed by atoms with E-state index in [1.165, 1.54) is 0 Å². The number of alkyl halides is 2. The lowest BCUT2D eigenvalue weighted by Crippen LogP contribution is -2.48. The molecular weight excluding hydrogens is 441 g/mol. The van der Waals surface area contributed by atoms with E-state index in [1.807, 2.05) is 5.32 Å². The zero-order valence-electron chi connectivity index (χ0n) is 16.3. The highest BCUT2D eigenvalue weighted by atomic mass is 19.3. The van der Waals surface area contributed by atoms with Crippen molar-refractivity contribution in [2.75, 3.05) is 13.1 Å². The van der Waals surface area contributed by atoms with Gasteiger partial charge in [-0.1, -0.05) is 0 Å². The molecule has 1 aromatic heterocycles. The lowest BCUT2D eigenvalue weighted by molar-refractivity contribution is -0.0597. The molecule has 3 heterocycles. The molecule has 1 aromatic carbocycles. The molecule has 2 amide bonds. The largest absolute Gasteiger partial charge is 0.503 e. The molecule has 7 nitrogen and oxygen atoms in total. The number of nitrogens with one attached hydrogen (secondary N) is 1. The standard InChI is InChI=1S/C20H16F5N3O4/c21-9-4-12(22)10(13(23)5-9)6-26-18(31)11-7-28-14-8-27(3-1-2-20(14,24)25)19(32)15(28)17(30)16(11)29/h4-5,7,14,30H,1-3,6,8H2,(H,26,31). The molecule has 2 aliphatic heterocycles. The molecule has 2 aliphatic rings. The van der Waals surface area contributed by atoms with Gasteiger partial charge in [0.05, 0.1) is 0 Å². The van der Waals surface area contributed by atoms with Crippen LogP contribution in [0.25, 0.3) is 0 Å². The summed E-state index contributed by atoms with van der Waals surface area (Å²) in [6, 6.07) is -0.825. The Kier molecular flexibility index (Phi) is 5.18. The van der Waals surface area contributed by atoms with Gasteiger partial charge in [0, 0.05) is 49.9 Å². The Morgan fingerprint density at radius 3 is 2.50 bits per heavy atom. The number of hydrogen-bond acceptors (Lipinski definition) is 4. The van der Waals surface area contributed by atoms with Gasteiger partial charge in [0.1, 0.15) is 29.1 Å². The van der Waals surface area contributed by atoms with Crippen LogP contribution in [-0.2, 0) is 6.54 Å². The molecule has 2 bridgehead atoms. The number of benzene rings is 1. The van der Waals surface area contributed by atoms with Crippen molar-refractivity contribution in [2.45, 2.75) is 31.4 Å². The van der Waals surface area contributed by atoms with Gasteiger partial charge in [0.15, 0.2) is 11.4 Å². The van der Waals surface area contributed by atoms with E-state index in [0.29, 0.717) is 12.1 Å². The number of carbonyl (C=O) groups is 2. The Bertz CT molecular complexity index is 1170. The number of aromatic nitrogens is 1. The molecule has 0 spiro atoms. The van der Waals surface area contributed by atoms with E-state index < -0.39 is 82.2 Å². The van der Waals surface area contributed by atoms with Gasteiger partial charge in [-0.25, -0.2) is 22.0 Å². The highest BCUT2D eigenvalue weighted by Gasteiger charge is 2.49. The van der Waals surface area contributed by atoms with Crippen molar-refractivity contribution in [1.82, 2.24) is 14.8 Å². The number of fused-ring (bicyclic) bond motifs is 4. The molecule has 1 saturated heterocycles. The number of carbonyl (C=O) groups excluding carboxylic acids is 2. The van der Waals surface area contributed by atoms with Crippen LogP contribution in [0.1, 0.15) is 45.3 Å². The second kappa shape index (κ2) is 7.61. The van der Waals surface area contributed by atoms with Crippen molar-refractivity contribution in [3.05, 3.63) is 62.8 Å². The first-order valence-electron chi connectivity index (χ1n) is 9.58. The van der Waals surface area contributed by atoms with Gasteiger partial charge in [0.2, 0.25) is 5.43 Å². The van der Waals surface area contributed by atoms with Crippen molar-refractivity contribution in [1.29, 1.82) is 0 Å². The average Bonchev–Trinajstić information content (AvgIpc) is 2.84. The highest BCUT2D eigenvalue weighted by Crippen LogP contribution is 2.41. The topological polar surface area (TPSA) is 91.6 Å². The monoisotopic (exact) mass is 457 g/mol. The molecule has 0 aliphatic carbocycles. The van der Waals surface area contributed by atoms with E-state index in [0.717, 1.165) is 15.7 Å². The summed E-state index contributed by atoms with van der Waals surface area (Å²) in [5.74, 6) is -10.2. The normalized spacial score (nSPS) is 19.3. The van der Waals surface area contributed by atoms with Gasteiger partial charge in [-0.05, 0) is 6.42 Å². The molecule has 32 heavy (non-hydrogen) atoms. The quantitative estimate of drug-likeness (QED) is 0.693. The van der Waals surface area contributed by atoms with E-state index in [4.69, 9.17) is 0 Å². The smallest absolute Gasteiger partial charge is 0.274 e. The molecule has 0 radical (unpaired) electrons. The number of hydrogen-bond donors (Lipinski definition) is 2. The van der Waals surface area contributed by atoms with Gasteiger partial charge in [-0.2, -0.15) is 0 Å². The van der Waals surface area contributed by atoms with E-state index in [2.05, 4.69) is 0 Å². The molecular formula is C20H16F5N3O4. The minimum Gasteiger partial charge on any atom is -0.503 e. The van der Waals surface area contributed by atoms with Crippen molar-refractivity contribution >= 4 is 11.8 Å². The average molecular weight is 457 g/mol. The number of rotatable bonds is 3. The van der Waals surface area contributed by atoms with Crippen LogP contribution in [0.15, 0.2) is 23.1 Å². The minimum atomic E-state index is -3.29. The molecule has 2 N–H and O–H groups in total. The van der Waals surface area contributed by atoms with Gasteiger partial charge in [-0.15, -0.1) is 0 Å². The van der Waals surface area contributed by atoms with Crippen LogP contribution in [0.5, 0.6) is 5.75 Å². The summed E-state index contributed by atoms with van der Waals surface area (Å²) in [5.41, 5.74) is -3.44. The third-order valence-electron chi connectivity index (χ3n) is 5.63.